The quantitative estimate of drug-likeness (QED) is 0.819. The highest BCUT2D eigenvalue weighted by molar-refractivity contribution is 4.73. The summed E-state index contributed by atoms with van der Waals surface area (Å²) < 4.78 is 0. The molecule has 2 aliphatic rings. The fourth-order valence-electron chi connectivity index (χ4n) is 3.85. The first kappa shape index (κ1) is 15.3. The van der Waals surface area contributed by atoms with Crippen LogP contribution in [0.25, 0.3) is 0 Å². The Morgan fingerprint density at radius 2 is 1.84 bits per heavy atom. The van der Waals surface area contributed by atoms with Gasteiger partial charge in [-0.2, -0.15) is 0 Å². The lowest BCUT2D eigenvalue weighted by molar-refractivity contribution is 0.252. The van der Waals surface area contributed by atoms with Crippen LogP contribution in [0, 0.1) is 17.8 Å². The highest BCUT2D eigenvalue weighted by atomic mass is 15.1. The Kier molecular flexibility index (Phi) is 6.66. The van der Waals surface area contributed by atoms with Gasteiger partial charge in [0, 0.05) is 0 Å². The number of piperidine rings is 1. The zero-order valence-corrected chi connectivity index (χ0v) is 13.2. The molecule has 0 aromatic rings. The smallest absolute Gasteiger partial charge is 0.00160 e. The van der Waals surface area contributed by atoms with E-state index < -0.39 is 0 Å². The van der Waals surface area contributed by atoms with E-state index in [4.69, 9.17) is 0 Å². The van der Waals surface area contributed by atoms with Crippen LogP contribution in [-0.2, 0) is 0 Å². The van der Waals surface area contributed by atoms with Crippen LogP contribution in [0.2, 0.25) is 0 Å². The predicted octanol–water partition coefficient (Wildman–Crippen LogP) is 3.52. The number of likely N-dealkylation sites (tertiary alicyclic amines) is 1. The SMILES string of the molecule is CC(C)C1CCCN(CCCC2CCNCC2)CC1. The van der Waals surface area contributed by atoms with E-state index in [-0.39, 0.29) is 0 Å². The van der Waals surface area contributed by atoms with Gasteiger partial charge in [0.2, 0.25) is 0 Å². The molecule has 2 nitrogen and oxygen atoms in total. The van der Waals surface area contributed by atoms with Crippen molar-refractivity contribution in [1.29, 1.82) is 0 Å². The molecule has 1 N–H and O–H groups in total. The summed E-state index contributed by atoms with van der Waals surface area (Å²) in [5.41, 5.74) is 0. The van der Waals surface area contributed by atoms with Crippen molar-refractivity contribution >= 4 is 0 Å². The standard InChI is InChI=1S/C17H34N2/c1-15(2)17-6-4-13-19(14-9-17)12-3-5-16-7-10-18-11-8-16/h15-18H,3-14H2,1-2H3. The van der Waals surface area contributed by atoms with Crippen LogP contribution >= 0.6 is 0 Å². The second-order valence-corrected chi connectivity index (χ2v) is 7.11. The topological polar surface area (TPSA) is 15.3 Å². The molecular formula is C17H34N2. The van der Waals surface area contributed by atoms with Crippen molar-refractivity contribution in [2.75, 3.05) is 32.7 Å². The van der Waals surface area contributed by atoms with Crippen molar-refractivity contribution in [3.05, 3.63) is 0 Å². The second kappa shape index (κ2) is 8.26. The summed E-state index contributed by atoms with van der Waals surface area (Å²) in [6.45, 7) is 11.4. The summed E-state index contributed by atoms with van der Waals surface area (Å²) in [4.78, 5) is 2.74. The van der Waals surface area contributed by atoms with Gasteiger partial charge >= 0.3 is 0 Å². The number of rotatable bonds is 5. The normalized spacial score (nSPS) is 27.6. The van der Waals surface area contributed by atoms with Crippen molar-refractivity contribution in [2.24, 2.45) is 17.8 Å². The van der Waals surface area contributed by atoms with Crippen LogP contribution in [0.15, 0.2) is 0 Å². The van der Waals surface area contributed by atoms with Crippen LogP contribution in [0.5, 0.6) is 0 Å². The van der Waals surface area contributed by atoms with Gasteiger partial charge in [0.15, 0.2) is 0 Å². The first-order chi connectivity index (χ1) is 9.25. The largest absolute Gasteiger partial charge is 0.317 e. The molecule has 19 heavy (non-hydrogen) atoms. The fourth-order valence-corrected chi connectivity index (χ4v) is 3.85. The monoisotopic (exact) mass is 266 g/mol. The Morgan fingerprint density at radius 3 is 2.58 bits per heavy atom. The van der Waals surface area contributed by atoms with Gasteiger partial charge in [0.25, 0.3) is 0 Å². The van der Waals surface area contributed by atoms with Crippen molar-refractivity contribution in [3.63, 3.8) is 0 Å². The molecule has 0 bridgehead atoms. The summed E-state index contributed by atoms with van der Waals surface area (Å²) in [7, 11) is 0. The van der Waals surface area contributed by atoms with E-state index in [0.29, 0.717) is 0 Å². The molecule has 1 unspecified atom stereocenters. The highest BCUT2D eigenvalue weighted by Gasteiger charge is 2.19. The van der Waals surface area contributed by atoms with Crippen LogP contribution in [0.4, 0.5) is 0 Å². The summed E-state index contributed by atoms with van der Waals surface area (Å²) in [5.74, 6) is 2.88. The lowest BCUT2D eigenvalue weighted by atomic mass is 9.89. The van der Waals surface area contributed by atoms with Crippen LogP contribution in [0.1, 0.15) is 58.8 Å². The van der Waals surface area contributed by atoms with Crippen LogP contribution in [-0.4, -0.2) is 37.6 Å². The molecule has 0 aromatic heterocycles. The van der Waals surface area contributed by atoms with Gasteiger partial charge in [-0.15, -0.1) is 0 Å². The zero-order chi connectivity index (χ0) is 13.5. The number of hydrogen-bond acceptors (Lipinski definition) is 2. The van der Waals surface area contributed by atoms with Gasteiger partial charge in [0.1, 0.15) is 0 Å². The Bertz CT molecular complexity index is 233. The molecule has 0 aromatic carbocycles. The minimum atomic E-state index is 0.884. The Labute approximate surface area is 120 Å². The number of nitrogens with zero attached hydrogens (tertiary/aromatic N) is 1. The lowest BCUT2D eigenvalue weighted by Gasteiger charge is -2.25. The van der Waals surface area contributed by atoms with E-state index in [2.05, 4.69) is 24.1 Å². The maximum absolute atomic E-state index is 3.47. The fraction of sp³-hybridized carbons (Fsp3) is 1.00. The van der Waals surface area contributed by atoms with E-state index in [9.17, 15) is 0 Å². The van der Waals surface area contributed by atoms with Crippen molar-refractivity contribution < 1.29 is 0 Å². The van der Waals surface area contributed by atoms with Gasteiger partial charge in [0.05, 0.1) is 0 Å². The molecule has 2 fully saturated rings. The Morgan fingerprint density at radius 1 is 1.05 bits per heavy atom. The first-order valence-electron chi connectivity index (χ1n) is 8.69. The predicted molar refractivity (Wildman–Crippen MR) is 83.4 cm³/mol. The second-order valence-electron chi connectivity index (χ2n) is 7.11. The van der Waals surface area contributed by atoms with Crippen molar-refractivity contribution in [2.45, 2.75) is 58.8 Å². The van der Waals surface area contributed by atoms with E-state index in [1.807, 2.05) is 0 Å². The third-order valence-corrected chi connectivity index (χ3v) is 5.35. The third kappa shape index (κ3) is 5.43. The Balaban J connectivity index is 1.60. The number of nitrogens with one attached hydrogen (secondary N) is 1. The molecule has 0 saturated carbocycles. The van der Waals surface area contributed by atoms with E-state index in [1.165, 1.54) is 77.7 Å². The van der Waals surface area contributed by atoms with Gasteiger partial charge < -0.3 is 10.2 Å². The maximum Gasteiger partial charge on any atom is -0.00160 e. The molecule has 0 amide bonds. The van der Waals surface area contributed by atoms with Crippen molar-refractivity contribution in [1.82, 2.24) is 10.2 Å². The summed E-state index contributed by atoms with van der Waals surface area (Å²) in [6.07, 6.45) is 10.0. The molecule has 0 radical (unpaired) electrons. The third-order valence-electron chi connectivity index (χ3n) is 5.35. The highest BCUT2D eigenvalue weighted by Crippen LogP contribution is 2.25. The zero-order valence-electron chi connectivity index (χ0n) is 13.2. The molecule has 2 saturated heterocycles. The Hall–Kier alpha value is -0.0800. The van der Waals surface area contributed by atoms with Gasteiger partial charge in [-0.25, -0.2) is 0 Å². The minimum absolute atomic E-state index is 0.884. The summed E-state index contributed by atoms with van der Waals surface area (Å²) >= 11 is 0. The van der Waals surface area contributed by atoms with E-state index in [0.717, 1.165) is 17.8 Å². The molecule has 2 heteroatoms. The van der Waals surface area contributed by atoms with Crippen molar-refractivity contribution in [3.8, 4) is 0 Å². The lowest BCUT2D eigenvalue weighted by Crippen LogP contribution is -2.29. The van der Waals surface area contributed by atoms with E-state index in [1.54, 1.807) is 0 Å². The molecule has 0 aliphatic carbocycles. The molecule has 1 atom stereocenters. The molecule has 2 heterocycles. The van der Waals surface area contributed by atoms with E-state index >= 15 is 0 Å². The van der Waals surface area contributed by atoms with Crippen LogP contribution < -0.4 is 5.32 Å². The van der Waals surface area contributed by atoms with Crippen LogP contribution in [0.3, 0.4) is 0 Å². The molecule has 0 spiro atoms. The maximum atomic E-state index is 3.47. The molecule has 2 aliphatic heterocycles. The summed E-state index contributed by atoms with van der Waals surface area (Å²) in [6, 6.07) is 0. The minimum Gasteiger partial charge on any atom is -0.317 e. The number of hydrogen-bond donors (Lipinski definition) is 1. The molecular weight excluding hydrogens is 232 g/mol. The first-order valence-corrected chi connectivity index (χ1v) is 8.69. The summed E-state index contributed by atoms with van der Waals surface area (Å²) in [5, 5.41) is 3.47. The van der Waals surface area contributed by atoms with Gasteiger partial charge in [-0.3, -0.25) is 0 Å². The average molecular weight is 266 g/mol. The average Bonchev–Trinajstić information content (AvgIpc) is 2.66. The van der Waals surface area contributed by atoms with Gasteiger partial charge in [-0.1, -0.05) is 13.8 Å². The molecule has 112 valence electrons. The molecule has 2 rings (SSSR count). The van der Waals surface area contributed by atoms with Gasteiger partial charge in [-0.05, 0) is 95.4 Å².